The third kappa shape index (κ3) is 2.18. The molecule has 0 fully saturated rings. The van der Waals surface area contributed by atoms with E-state index in [4.69, 9.17) is 9.84 Å². The number of rotatable bonds is 1. The summed E-state index contributed by atoms with van der Waals surface area (Å²) in [5, 5.41) is 9.14. The van der Waals surface area contributed by atoms with Crippen LogP contribution in [0.25, 0.3) is 0 Å². The summed E-state index contributed by atoms with van der Waals surface area (Å²) in [4.78, 5) is 11.3. The molecule has 1 atom stereocenters. The highest BCUT2D eigenvalue weighted by molar-refractivity contribution is 5.91. The van der Waals surface area contributed by atoms with E-state index in [1.54, 1.807) is 31.2 Å². The SMILES string of the molecule is CC1=CC(=O)C[C@@H](c2ccc(O)cc2)O1. The Kier molecular flexibility index (Phi) is 2.46. The molecule has 0 saturated heterocycles. The predicted molar refractivity (Wildman–Crippen MR) is 55.3 cm³/mol. The van der Waals surface area contributed by atoms with Crippen molar-refractivity contribution < 1.29 is 14.6 Å². The molecule has 1 aromatic carbocycles. The van der Waals surface area contributed by atoms with Crippen LogP contribution in [0, 0.1) is 0 Å². The molecule has 15 heavy (non-hydrogen) atoms. The van der Waals surface area contributed by atoms with Gasteiger partial charge in [0.1, 0.15) is 11.9 Å². The summed E-state index contributed by atoms with van der Waals surface area (Å²) < 4.78 is 5.54. The zero-order valence-electron chi connectivity index (χ0n) is 8.43. The number of hydrogen-bond donors (Lipinski definition) is 1. The Morgan fingerprint density at radius 3 is 2.60 bits per heavy atom. The molecule has 3 heteroatoms. The van der Waals surface area contributed by atoms with Gasteiger partial charge in [0.15, 0.2) is 5.78 Å². The minimum Gasteiger partial charge on any atom is -0.508 e. The third-order valence-electron chi connectivity index (χ3n) is 2.34. The van der Waals surface area contributed by atoms with E-state index in [9.17, 15) is 4.79 Å². The summed E-state index contributed by atoms with van der Waals surface area (Å²) in [5.74, 6) is 0.939. The maximum absolute atomic E-state index is 11.3. The van der Waals surface area contributed by atoms with E-state index in [-0.39, 0.29) is 17.6 Å². The molecule has 0 bridgehead atoms. The van der Waals surface area contributed by atoms with Gasteiger partial charge in [-0.1, -0.05) is 12.1 Å². The van der Waals surface area contributed by atoms with Gasteiger partial charge in [0, 0.05) is 6.08 Å². The molecule has 1 aliphatic heterocycles. The maximum Gasteiger partial charge on any atom is 0.163 e. The van der Waals surface area contributed by atoms with Crippen LogP contribution in [0.2, 0.25) is 0 Å². The van der Waals surface area contributed by atoms with Crippen LogP contribution in [-0.4, -0.2) is 10.9 Å². The standard InChI is InChI=1S/C12H12O3/c1-8-6-11(14)7-12(15-8)9-2-4-10(13)5-3-9/h2-6,12-13H,7H2,1H3/t12-/m0/s1. The van der Waals surface area contributed by atoms with Crippen LogP contribution in [0.5, 0.6) is 5.75 Å². The monoisotopic (exact) mass is 204 g/mol. The van der Waals surface area contributed by atoms with Gasteiger partial charge in [0.05, 0.1) is 12.2 Å². The van der Waals surface area contributed by atoms with Gasteiger partial charge in [0.25, 0.3) is 0 Å². The lowest BCUT2D eigenvalue weighted by atomic mass is 10.0. The van der Waals surface area contributed by atoms with Gasteiger partial charge in [-0.25, -0.2) is 0 Å². The molecule has 0 amide bonds. The van der Waals surface area contributed by atoms with Crippen molar-refractivity contribution in [2.75, 3.05) is 0 Å². The summed E-state index contributed by atoms with van der Waals surface area (Å²) in [6.45, 7) is 1.77. The highest BCUT2D eigenvalue weighted by Crippen LogP contribution is 2.29. The van der Waals surface area contributed by atoms with Crippen molar-refractivity contribution >= 4 is 5.78 Å². The van der Waals surface area contributed by atoms with E-state index in [2.05, 4.69) is 0 Å². The number of phenols is 1. The molecular weight excluding hydrogens is 192 g/mol. The van der Waals surface area contributed by atoms with Crippen molar-refractivity contribution in [3.8, 4) is 5.75 Å². The molecule has 0 saturated carbocycles. The second-order valence-corrected chi connectivity index (χ2v) is 3.62. The second-order valence-electron chi connectivity index (χ2n) is 3.62. The van der Waals surface area contributed by atoms with Crippen molar-refractivity contribution in [3.63, 3.8) is 0 Å². The molecule has 1 aliphatic rings. The van der Waals surface area contributed by atoms with Crippen molar-refractivity contribution in [1.29, 1.82) is 0 Å². The number of aromatic hydroxyl groups is 1. The van der Waals surface area contributed by atoms with Crippen molar-refractivity contribution in [2.45, 2.75) is 19.4 Å². The molecule has 0 spiro atoms. The molecule has 0 radical (unpaired) electrons. The molecule has 1 N–H and O–H groups in total. The largest absolute Gasteiger partial charge is 0.508 e. The fraction of sp³-hybridized carbons (Fsp3) is 0.250. The zero-order chi connectivity index (χ0) is 10.8. The summed E-state index contributed by atoms with van der Waals surface area (Å²) in [6, 6.07) is 6.73. The van der Waals surface area contributed by atoms with Gasteiger partial charge in [-0.05, 0) is 24.6 Å². The average molecular weight is 204 g/mol. The summed E-state index contributed by atoms with van der Waals surface area (Å²) in [5.41, 5.74) is 0.911. The lowest BCUT2D eigenvalue weighted by molar-refractivity contribution is -0.118. The second kappa shape index (κ2) is 3.77. The summed E-state index contributed by atoms with van der Waals surface area (Å²) >= 11 is 0. The Morgan fingerprint density at radius 1 is 1.33 bits per heavy atom. The first-order valence-corrected chi connectivity index (χ1v) is 4.82. The van der Waals surface area contributed by atoms with Crippen molar-refractivity contribution in [1.82, 2.24) is 0 Å². The minimum atomic E-state index is -0.219. The number of phenolic OH excluding ortho intramolecular Hbond substituents is 1. The van der Waals surface area contributed by atoms with E-state index in [1.165, 1.54) is 6.08 Å². The maximum atomic E-state index is 11.3. The molecule has 3 nitrogen and oxygen atoms in total. The van der Waals surface area contributed by atoms with Crippen LogP contribution in [0.4, 0.5) is 0 Å². The first-order chi connectivity index (χ1) is 7.15. The normalized spacial score (nSPS) is 20.7. The van der Waals surface area contributed by atoms with E-state index in [0.717, 1.165) is 5.56 Å². The molecule has 2 rings (SSSR count). The van der Waals surface area contributed by atoms with E-state index < -0.39 is 0 Å². The van der Waals surface area contributed by atoms with E-state index in [1.807, 2.05) is 0 Å². The Hall–Kier alpha value is -1.77. The lowest BCUT2D eigenvalue weighted by Crippen LogP contribution is -2.14. The topological polar surface area (TPSA) is 46.5 Å². The third-order valence-corrected chi connectivity index (χ3v) is 2.34. The van der Waals surface area contributed by atoms with Crippen LogP contribution in [0.1, 0.15) is 25.0 Å². The van der Waals surface area contributed by atoms with Gasteiger partial charge >= 0.3 is 0 Å². The summed E-state index contributed by atoms with van der Waals surface area (Å²) in [7, 11) is 0. The minimum absolute atomic E-state index is 0.0804. The van der Waals surface area contributed by atoms with Crippen LogP contribution in [0.3, 0.4) is 0 Å². The average Bonchev–Trinajstić information content (AvgIpc) is 2.17. The zero-order valence-corrected chi connectivity index (χ0v) is 8.43. The van der Waals surface area contributed by atoms with Crippen molar-refractivity contribution in [2.24, 2.45) is 0 Å². The van der Waals surface area contributed by atoms with Gasteiger partial charge in [-0.2, -0.15) is 0 Å². The molecule has 0 aliphatic carbocycles. The van der Waals surface area contributed by atoms with Gasteiger partial charge in [-0.15, -0.1) is 0 Å². The molecule has 0 aromatic heterocycles. The molecule has 1 heterocycles. The number of carbonyl (C=O) groups is 1. The fourth-order valence-corrected chi connectivity index (χ4v) is 1.64. The van der Waals surface area contributed by atoms with Crippen LogP contribution in [0.15, 0.2) is 36.1 Å². The fourth-order valence-electron chi connectivity index (χ4n) is 1.64. The molecule has 78 valence electrons. The van der Waals surface area contributed by atoms with Crippen LogP contribution < -0.4 is 0 Å². The Bertz CT molecular complexity index is 403. The quantitative estimate of drug-likeness (QED) is 0.763. The Labute approximate surface area is 88.0 Å². The smallest absolute Gasteiger partial charge is 0.163 e. The Balaban J connectivity index is 2.22. The van der Waals surface area contributed by atoms with Crippen molar-refractivity contribution in [3.05, 3.63) is 41.7 Å². The van der Waals surface area contributed by atoms with E-state index >= 15 is 0 Å². The molecule has 0 unspecified atom stereocenters. The van der Waals surface area contributed by atoms with Crippen LogP contribution >= 0.6 is 0 Å². The highest BCUT2D eigenvalue weighted by Gasteiger charge is 2.21. The van der Waals surface area contributed by atoms with Gasteiger partial charge in [-0.3, -0.25) is 4.79 Å². The lowest BCUT2D eigenvalue weighted by Gasteiger charge is -2.22. The first-order valence-electron chi connectivity index (χ1n) is 4.82. The highest BCUT2D eigenvalue weighted by atomic mass is 16.5. The molecular formula is C12H12O3. The number of carbonyl (C=O) groups excluding carboxylic acids is 1. The summed E-state index contributed by atoms with van der Waals surface area (Å²) in [6.07, 6.45) is 1.65. The van der Waals surface area contributed by atoms with Crippen LogP contribution in [-0.2, 0) is 9.53 Å². The van der Waals surface area contributed by atoms with E-state index in [0.29, 0.717) is 12.2 Å². The van der Waals surface area contributed by atoms with Gasteiger partial charge in [0.2, 0.25) is 0 Å². The first kappa shape index (κ1) is 9.77. The van der Waals surface area contributed by atoms with Gasteiger partial charge < -0.3 is 9.84 Å². The number of benzene rings is 1. The molecule has 1 aromatic rings. The number of allylic oxidation sites excluding steroid dienone is 2. The number of ketones is 1. The number of ether oxygens (including phenoxy) is 1. The Morgan fingerprint density at radius 2 is 2.00 bits per heavy atom. The number of hydrogen-bond acceptors (Lipinski definition) is 3. The predicted octanol–water partition coefficient (Wildman–Crippen LogP) is 2.33.